The van der Waals surface area contributed by atoms with E-state index in [-0.39, 0.29) is 11.9 Å². The zero-order valence-electron chi connectivity index (χ0n) is 13.2. The number of rotatable bonds is 3. The molecule has 2 aromatic heterocycles. The van der Waals surface area contributed by atoms with Crippen molar-refractivity contribution < 1.29 is 4.79 Å². The first-order valence-corrected chi connectivity index (χ1v) is 8.50. The van der Waals surface area contributed by atoms with E-state index in [0.29, 0.717) is 12.5 Å². The van der Waals surface area contributed by atoms with Gasteiger partial charge >= 0.3 is 0 Å². The Morgan fingerprint density at radius 2 is 2.27 bits per heavy atom. The highest BCUT2D eigenvalue weighted by Gasteiger charge is 2.33. The second kappa shape index (κ2) is 5.85. The summed E-state index contributed by atoms with van der Waals surface area (Å²) in [6.07, 6.45) is 2.78. The van der Waals surface area contributed by atoms with E-state index in [9.17, 15) is 4.79 Å². The van der Waals surface area contributed by atoms with Crippen molar-refractivity contribution in [2.75, 3.05) is 13.1 Å². The van der Waals surface area contributed by atoms with Crippen molar-refractivity contribution in [3.63, 3.8) is 0 Å². The lowest BCUT2D eigenvalue weighted by molar-refractivity contribution is 0.0742. The van der Waals surface area contributed by atoms with Gasteiger partial charge in [0.05, 0.1) is 5.56 Å². The predicted octanol–water partition coefficient (Wildman–Crippen LogP) is 2.36. The molecule has 0 aromatic carbocycles. The van der Waals surface area contributed by atoms with E-state index in [1.165, 1.54) is 0 Å². The fraction of sp³-hybridized carbons (Fsp3) is 0.500. The molecule has 5 nitrogen and oxygen atoms in total. The van der Waals surface area contributed by atoms with Gasteiger partial charge in [-0.3, -0.25) is 9.36 Å². The lowest BCUT2D eigenvalue weighted by Gasteiger charge is -2.21. The number of carbonyl (C=O) groups is 1. The smallest absolute Gasteiger partial charge is 0.255 e. The summed E-state index contributed by atoms with van der Waals surface area (Å²) in [6, 6.07) is 2.23. The first kappa shape index (κ1) is 15.2. The van der Waals surface area contributed by atoms with Crippen LogP contribution < -0.4 is 5.73 Å². The van der Waals surface area contributed by atoms with Crippen LogP contribution in [-0.2, 0) is 0 Å². The maximum absolute atomic E-state index is 12.9. The van der Waals surface area contributed by atoms with Crippen LogP contribution in [0.3, 0.4) is 0 Å². The van der Waals surface area contributed by atoms with Gasteiger partial charge in [0.1, 0.15) is 0 Å². The number of nitrogens with zero attached hydrogens (tertiary/aromatic N) is 3. The molecule has 1 fully saturated rings. The van der Waals surface area contributed by atoms with Crippen molar-refractivity contribution in [2.45, 2.75) is 33.2 Å². The molecule has 2 N–H and O–H groups in total. The number of carbonyl (C=O) groups excluding carboxylic acids is 1. The molecule has 0 radical (unpaired) electrons. The average Bonchev–Trinajstić information content (AvgIpc) is 3.18. The Hall–Kier alpha value is -1.66. The summed E-state index contributed by atoms with van der Waals surface area (Å²) in [5.41, 5.74) is 8.54. The summed E-state index contributed by atoms with van der Waals surface area (Å²) in [5.74, 6) is 0.528. The van der Waals surface area contributed by atoms with Gasteiger partial charge in [0.25, 0.3) is 5.91 Å². The molecule has 3 heterocycles. The fourth-order valence-corrected chi connectivity index (χ4v) is 4.10. The molecule has 0 aliphatic carbocycles. The molecule has 22 heavy (non-hydrogen) atoms. The van der Waals surface area contributed by atoms with Crippen LogP contribution in [0.15, 0.2) is 17.6 Å². The highest BCUT2D eigenvalue weighted by Crippen LogP contribution is 2.28. The van der Waals surface area contributed by atoms with Gasteiger partial charge in [0, 0.05) is 35.6 Å². The van der Waals surface area contributed by atoms with Gasteiger partial charge < -0.3 is 10.6 Å². The Balaban J connectivity index is 1.93. The van der Waals surface area contributed by atoms with Crippen LogP contribution in [0, 0.1) is 19.8 Å². The second-order valence-corrected chi connectivity index (χ2v) is 6.95. The molecule has 0 spiro atoms. The Morgan fingerprint density at radius 3 is 2.86 bits per heavy atom. The van der Waals surface area contributed by atoms with Crippen LogP contribution in [0.25, 0.3) is 5.13 Å². The molecule has 0 bridgehead atoms. The van der Waals surface area contributed by atoms with E-state index < -0.39 is 0 Å². The minimum absolute atomic E-state index is 0.111. The van der Waals surface area contributed by atoms with Crippen LogP contribution in [-0.4, -0.2) is 39.5 Å². The van der Waals surface area contributed by atoms with Gasteiger partial charge in [0.15, 0.2) is 5.13 Å². The fourth-order valence-electron chi connectivity index (χ4n) is 3.35. The van der Waals surface area contributed by atoms with Crippen molar-refractivity contribution >= 4 is 17.2 Å². The summed E-state index contributed by atoms with van der Waals surface area (Å²) < 4.78 is 2.05. The number of thiazole rings is 1. The van der Waals surface area contributed by atoms with Crippen LogP contribution in [0.2, 0.25) is 0 Å². The van der Waals surface area contributed by atoms with Crippen LogP contribution in [0.1, 0.15) is 35.1 Å². The maximum Gasteiger partial charge on any atom is 0.255 e. The molecule has 6 heteroatoms. The molecule has 1 saturated heterocycles. The molecule has 2 aromatic rings. The molecule has 2 atom stereocenters. The molecule has 1 aliphatic rings. The second-order valence-electron chi connectivity index (χ2n) is 6.08. The Labute approximate surface area is 134 Å². The molecular weight excluding hydrogens is 296 g/mol. The van der Waals surface area contributed by atoms with E-state index in [1.807, 2.05) is 30.2 Å². The van der Waals surface area contributed by atoms with Gasteiger partial charge in [-0.2, -0.15) is 0 Å². The van der Waals surface area contributed by atoms with Gasteiger partial charge in [-0.15, -0.1) is 11.3 Å². The number of hydrogen-bond acceptors (Lipinski definition) is 4. The lowest BCUT2D eigenvalue weighted by Crippen LogP contribution is -2.34. The minimum Gasteiger partial charge on any atom is -0.336 e. The largest absolute Gasteiger partial charge is 0.336 e. The van der Waals surface area contributed by atoms with Crippen molar-refractivity contribution in [1.29, 1.82) is 0 Å². The monoisotopic (exact) mass is 318 g/mol. The van der Waals surface area contributed by atoms with E-state index in [2.05, 4.69) is 16.5 Å². The standard InChI is InChI=1S/C16H22N4OS/c1-10-6-13(8-17)9-19(10)15(21)14-7-11(2)20(12(14)3)16-18-4-5-22-16/h4-5,7,10,13H,6,8-9,17H2,1-3H3. The molecule has 0 saturated carbocycles. The molecule has 1 amide bonds. The van der Waals surface area contributed by atoms with Gasteiger partial charge in [-0.1, -0.05) is 0 Å². The Bertz CT molecular complexity index is 677. The van der Waals surface area contributed by atoms with E-state index in [1.54, 1.807) is 17.5 Å². The summed E-state index contributed by atoms with van der Waals surface area (Å²) in [4.78, 5) is 19.3. The summed E-state index contributed by atoms with van der Waals surface area (Å²) in [7, 11) is 0. The van der Waals surface area contributed by atoms with Gasteiger partial charge in [-0.05, 0) is 45.7 Å². The number of aromatic nitrogens is 2. The van der Waals surface area contributed by atoms with Gasteiger partial charge in [0.2, 0.25) is 0 Å². The summed E-state index contributed by atoms with van der Waals surface area (Å²) in [6.45, 7) is 7.52. The lowest BCUT2D eigenvalue weighted by atomic mass is 10.1. The van der Waals surface area contributed by atoms with Crippen molar-refractivity contribution in [1.82, 2.24) is 14.5 Å². The van der Waals surface area contributed by atoms with Crippen LogP contribution in [0.5, 0.6) is 0 Å². The molecule has 1 aliphatic heterocycles. The Morgan fingerprint density at radius 1 is 1.50 bits per heavy atom. The summed E-state index contributed by atoms with van der Waals surface area (Å²) in [5, 5.41) is 2.85. The number of amides is 1. The third kappa shape index (κ3) is 2.46. The molecule has 2 unspecified atom stereocenters. The van der Waals surface area contributed by atoms with E-state index in [4.69, 9.17) is 5.73 Å². The number of aryl methyl sites for hydroxylation is 1. The maximum atomic E-state index is 12.9. The minimum atomic E-state index is 0.111. The average molecular weight is 318 g/mol. The number of likely N-dealkylation sites (tertiary alicyclic amines) is 1. The van der Waals surface area contributed by atoms with Crippen molar-refractivity contribution in [3.8, 4) is 5.13 Å². The quantitative estimate of drug-likeness (QED) is 0.945. The summed E-state index contributed by atoms with van der Waals surface area (Å²) >= 11 is 1.58. The first-order valence-electron chi connectivity index (χ1n) is 7.62. The third-order valence-corrected chi connectivity index (χ3v) is 5.28. The Kier molecular flexibility index (Phi) is 4.06. The highest BCUT2D eigenvalue weighted by atomic mass is 32.1. The molecule has 118 valence electrons. The zero-order valence-corrected chi connectivity index (χ0v) is 14.1. The van der Waals surface area contributed by atoms with Crippen LogP contribution in [0.4, 0.5) is 0 Å². The van der Waals surface area contributed by atoms with Gasteiger partial charge in [-0.25, -0.2) is 4.98 Å². The SMILES string of the molecule is Cc1cc(C(=O)N2CC(CN)CC2C)c(C)n1-c1nccs1. The van der Waals surface area contributed by atoms with Crippen molar-refractivity contribution in [3.05, 3.63) is 34.6 Å². The normalized spacial score (nSPS) is 21.5. The third-order valence-electron chi connectivity index (χ3n) is 4.53. The molecular formula is C16H22N4OS. The number of hydrogen-bond donors (Lipinski definition) is 1. The highest BCUT2D eigenvalue weighted by molar-refractivity contribution is 7.12. The van der Waals surface area contributed by atoms with Crippen molar-refractivity contribution in [2.24, 2.45) is 11.7 Å². The predicted molar refractivity (Wildman–Crippen MR) is 88.6 cm³/mol. The van der Waals surface area contributed by atoms with E-state index in [0.717, 1.165) is 35.0 Å². The number of nitrogens with two attached hydrogens (primary N) is 1. The zero-order chi connectivity index (χ0) is 15.9. The molecule has 3 rings (SSSR count). The van der Waals surface area contributed by atoms with E-state index >= 15 is 0 Å². The topological polar surface area (TPSA) is 64.2 Å². The van der Waals surface area contributed by atoms with Crippen LogP contribution >= 0.6 is 11.3 Å². The first-order chi connectivity index (χ1) is 10.5.